The molecule has 1 aliphatic rings. The van der Waals surface area contributed by atoms with Gasteiger partial charge < -0.3 is 9.80 Å². The van der Waals surface area contributed by atoms with E-state index in [4.69, 9.17) is 4.98 Å². The van der Waals surface area contributed by atoms with Gasteiger partial charge in [-0.05, 0) is 19.1 Å². The van der Waals surface area contributed by atoms with Crippen LogP contribution in [0.3, 0.4) is 0 Å². The molecule has 0 saturated carbocycles. The fraction of sp³-hybridized carbons (Fsp3) is 0.364. The Labute approximate surface area is 185 Å². The number of carbonyl (C=O) groups excluding carboxylic acids is 1. The zero-order valence-corrected chi connectivity index (χ0v) is 18.3. The van der Waals surface area contributed by atoms with Crippen LogP contribution in [0.1, 0.15) is 41.6 Å². The Kier molecular flexibility index (Phi) is 5.85. The van der Waals surface area contributed by atoms with Gasteiger partial charge in [0.25, 0.3) is 11.6 Å². The van der Waals surface area contributed by atoms with E-state index < -0.39 is 4.92 Å². The zero-order valence-electron chi connectivity index (χ0n) is 18.3. The van der Waals surface area contributed by atoms with Crippen molar-refractivity contribution in [3.63, 3.8) is 0 Å². The topological polar surface area (TPSA) is 110 Å². The van der Waals surface area contributed by atoms with Crippen molar-refractivity contribution in [1.82, 2.24) is 24.6 Å². The molecule has 32 heavy (non-hydrogen) atoms. The van der Waals surface area contributed by atoms with Crippen LogP contribution in [0, 0.1) is 17.0 Å². The van der Waals surface area contributed by atoms with E-state index in [9.17, 15) is 14.9 Å². The Bertz CT molecular complexity index is 1130. The first kappa shape index (κ1) is 21.4. The zero-order chi connectivity index (χ0) is 22.8. The smallest absolute Gasteiger partial charge is 0.269 e. The van der Waals surface area contributed by atoms with Crippen LogP contribution < -0.4 is 4.90 Å². The number of non-ortho nitro benzene ring substituents is 1. The van der Waals surface area contributed by atoms with Crippen LogP contribution >= 0.6 is 0 Å². The first-order chi connectivity index (χ1) is 15.3. The second-order valence-corrected chi connectivity index (χ2v) is 8.11. The van der Waals surface area contributed by atoms with Gasteiger partial charge in [-0.2, -0.15) is 5.10 Å². The molecule has 0 spiro atoms. The molecule has 2 aromatic heterocycles. The average Bonchev–Trinajstić information content (AvgIpc) is 3.28. The van der Waals surface area contributed by atoms with Gasteiger partial charge in [0.05, 0.1) is 22.4 Å². The number of nitro benzene ring substituents is 1. The fourth-order valence-electron chi connectivity index (χ4n) is 3.62. The van der Waals surface area contributed by atoms with Crippen molar-refractivity contribution in [3.8, 4) is 5.69 Å². The van der Waals surface area contributed by atoms with Crippen molar-refractivity contribution >= 4 is 17.4 Å². The van der Waals surface area contributed by atoms with E-state index in [1.54, 1.807) is 23.0 Å². The maximum atomic E-state index is 13.0. The van der Waals surface area contributed by atoms with E-state index in [0.717, 1.165) is 17.3 Å². The number of nitrogens with zero attached hydrogens (tertiary/aromatic N) is 7. The lowest BCUT2D eigenvalue weighted by Crippen LogP contribution is -2.49. The summed E-state index contributed by atoms with van der Waals surface area (Å²) in [6, 6.07) is 8.02. The molecular weight excluding hydrogens is 410 g/mol. The molecule has 1 aromatic carbocycles. The van der Waals surface area contributed by atoms with E-state index in [0.29, 0.717) is 37.4 Å². The number of piperazine rings is 1. The summed E-state index contributed by atoms with van der Waals surface area (Å²) in [6.07, 6.45) is 3.18. The third kappa shape index (κ3) is 4.43. The van der Waals surface area contributed by atoms with E-state index in [1.165, 1.54) is 18.3 Å². The SMILES string of the molecule is Cc1cc(N2CCN(C(=O)c3cnn(-c4ccc([N+](=O)[O-])cc4)c3)CC2)nc(C(C)C)n1. The lowest BCUT2D eigenvalue weighted by molar-refractivity contribution is -0.384. The first-order valence-corrected chi connectivity index (χ1v) is 10.5. The highest BCUT2D eigenvalue weighted by Gasteiger charge is 2.24. The minimum atomic E-state index is -0.451. The molecule has 1 saturated heterocycles. The molecule has 3 aromatic rings. The van der Waals surface area contributed by atoms with E-state index in [1.807, 2.05) is 17.9 Å². The van der Waals surface area contributed by atoms with Gasteiger partial charge in [0.15, 0.2) is 0 Å². The minimum Gasteiger partial charge on any atom is -0.353 e. The summed E-state index contributed by atoms with van der Waals surface area (Å²) in [7, 11) is 0. The number of amides is 1. The maximum Gasteiger partial charge on any atom is 0.269 e. The Hall–Kier alpha value is -3.82. The summed E-state index contributed by atoms with van der Waals surface area (Å²) >= 11 is 0. The molecule has 1 aliphatic heterocycles. The monoisotopic (exact) mass is 435 g/mol. The molecule has 0 N–H and O–H groups in total. The summed E-state index contributed by atoms with van der Waals surface area (Å²) in [5.74, 6) is 1.90. The van der Waals surface area contributed by atoms with Crippen LogP contribution in [-0.2, 0) is 0 Å². The molecule has 166 valence electrons. The van der Waals surface area contributed by atoms with E-state index in [2.05, 4.69) is 28.8 Å². The molecule has 0 unspecified atom stereocenters. The number of rotatable bonds is 5. The quantitative estimate of drug-likeness (QED) is 0.447. The lowest BCUT2D eigenvalue weighted by Gasteiger charge is -2.35. The second kappa shape index (κ2) is 8.74. The van der Waals surface area contributed by atoms with Crippen LogP contribution in [0.15, 0.2) is 42.7 Å². The number of aromatic nitrogens is 4. The standard InChI is InChI=1S/C22H25N7O3/c1-15(2)21-24-16(3)12-20(25-21)26-8-10-27(11-9-26)22(30)17-13-23-28(14-17)18-4-6-19(7-5-18)29(31)32/h4-7,12-15H,8-11H2,1-3H3. The predicted molar refractivity (Wildman–Crippen MR) is 119 cm³/mol. The number of nitro groups is 1. The number of anilines is 1. The van der Waals surface area contributed by atoms with Gasteiger partial charge in [-0.3, -0.25) is 14.9 Å². The first-order valence-electron chi connectivity index (χ1n) is 10.5. The van der Waals surface area contributed by atoms with Crippen molar-refractivity contribution in [2.45, 2.75) is 26.7 Å². The Morgan fingerprint density at radius 1 is 1.09 bits per heavy atom. The number of hydrogen-bond acceptors (Lipinski definition) is 7. The molecular formula is C22H25N7O3. The largest absolute Gasteiger partial charge is 0.353 e. The second-order valence-electron chi connectivity index (χ2n) is 8.11. The summed E-state index contributed by atoms with van der Waals surface area (Å²) < 4.78 is 1.55. The van der Waals surface area contributed by atoms with Crippen LogP contribution in [-0.4, -0.2) is 61.7 Å². The molecule has 10 heteroatoms. The number of benzene rings is 1. The van der Waals surface area contributed by atoms with Gasteiger partial charge >= 0.3 is 0 Å². The molecule has 1 amide bonds. The van der Waals surface area contributed by atoms with Crippen molar-refractivity contribution in [1.29, 1.82) is 0 Å². The summed E-state index contributed by atoms with van der Waals surface area (Å²) in [5.41, 5.74) is 2.08. The van der Waals surface area contributed by atoms with Gasteiger partial charge in [0, 0.05) is 62.2 Å². The fourth-order valence-corrected chi connectivity index (χ4v) is 3.62. The van der Waals surface area contributed by atoms with Gasteiger partial charge in [-0.15, -0.1) is 0 Å². The van der Waals surface area contributed by atoms with Crippen LogP contribution in [0.2, 0.25) is 0 Å². The number of aryl methyl sites for hydroxylation is 1. The molecule has 0 aliphatic carbocycles. The molecule has 10 nitrogen and oxygen atoms in total. The van der Waals surface area contributed by atoms with E-state index >= 15 is 0 Å². The summed E-state index contributed by atoms with van der Waals surface area (Å²) in [5, 5.41) is 15.1. The third-order valence-corrected chi connectivity index (χ3v) is 5.42. The highest BCUT2D eigenvalue weighted by molar-refractivity contribution is 5.94. The predicted octanol–water partition coefficient (Wildman–Crippen LogP) is 2.96. The van der Waals surface area contributed by atoms with Gasteiger partial charge in [-0.1, -0.05) is 13.8 Å². The minimum absolute atomic E-state index is 0.00877. The van der Waals surface area contributed by atoms with Crippen LogP contribution in [0.4, 0.5) is 11.5 Å². The molecule has 0 radical (unpaired) electrons. The van der Waals surface area contributed by atoms with Gasteiger partial charge in [0.2, 0.25) is 0 Å². The molecule has 3 heterocycles. The average molecular weight is 435 g/mol. The van der Waals surface area contributed by atoms with Gasteiger partial charge in [-0.25, -0.2) is 14.6 Å². The van der Waals surface area contributed by atoms with Crippen molar-refractivity contribution in [2.24, 2.45) is 0 Å². The molecule has 1 fully saturated rings. The maximum absolute atomic E-state index is 13.0. The Morgan fingerprint density at radius 3 is 2.41 bits per heavy atom. The van der Waals surface area contributed by atoms with Crippen molar-refractivity contribution in [2.75, 3.05) is 31.1 Å². The number of carbonyl (C=O) groups is 1. The summed E-state index contributed by atoms with van der Waals surface area (Å²) in [6.45, 7) is 8.67. The Morgan fingerprint density at radius 2 is 1.78 bits per heavy atom. The molecule has 0 atom stereocenters. The van der Waals surface area contributed by atoms with Crippen LogP contribution in [0.5, 0.6) is 0 Å². The molecule has 0 bridgehead atoms. The summed E-state index contributed by atoms with van der Waals surface area (Å²) in [4.78, 5) is 36.5. The van der Waals surface area contributed by atoms with E-state index in [-0.39, 0.29) is 17.5 Å². The highest BCUT2D eigenvalue weighted by Crippen LogP contribution is 2.20. The number of hydrogen-bond donors (Lipinski definition) is 0. The highest BCUT2D eigenvalue weighted by atomic mass is 16.6. The van der Waals surface area contributed by atoms with Crippen LogP contribution in [0.25, 0.3) is 5.69 Å². The van der Waals surface area contributed by atoms with Crippen molar-refractivity contribution < 1.29 is 9.72 Å². The molecule has 4 rings (SSSR count). The van der Waals surface area contributed by atoms with Gasteiger partial charge in [0.1, 0.15) is 11.6 Å². The normalized spacial score (nSPS) is 14.1. The lowest BCUT2D eigenvalue weighted by atomic mass is 10.2. The Balaban J connectivity index is 1.41. The third-order valence-electron chi connectivity index (χ3n) is 5.42. The van der Waals surface area contributed by atoms with Crippen molar-refractivity contribution in [3.05, 3.63) is 69.9 Å².